The molecule has 4 atom stereocenters. The van der Waals surface area contributed by atoms with Crippen LogP contribution < -0.4 is 0 Å². The van der Waals surface area contributed by atoms with Crippen LogP contribution in [-0.4, -0.2) is 25.6 Å². The first-order valence-corrected chi connectivity index (χ1v) is 14.9. The Balaban J connectivity index is 1.79. The van der Waals surface area contributed by atoms with Gasteiger partial charge < -0.3 is 5.11 Å². The Kier molecular flexibility index (Phi) is 6.32. The molecule has 0 aliphatic heterocycles. The molecule has 1 unspecified atom stereocenters. The first-order chi connectivity index (χ1) is 13.5. The molecular formula is C26H40O2Si. The number of hydrogen-bond donors (Lipinski definition) is 1. The number of rotatable bonds is 6. The van der Waals surface area contributed by atoms with Gasteiger partial charge in [-0.15, -0.1) is 0 Å². The number of carbonyl (C=O) groups excluding carboxylic acids is 1. The minimum Gasteiger partial charge on any atom is -0.396 e. The van der Waals surface area contributed by atoms with Crippen molar-refractivity contribution in [2.75, 3.05) is 6.61 Å². The standard InChI is InChI=1S/C26H40O2Si/c1-19(22-14-15-23-24(28)11-8-16-25(22,23)2)12-13-20-9-7-10-21(17-20)26(3,18-27)29(4,5)6/h7,9-10,12,17,22-23,27H,8,11,13-16,18H2,1-6H3/t22-,23+,25-,26?/m1/s1. The lowest BCUT2D eigenvalue weighted by Crippen LogP contribution is -2.50. The molecule has 0 radical (unpaired) electrons. The molecule has 0 amide bonds. The van der Waals surface area contributed by atoms with Gasteiger partial charge in [-0.2, -0.15) is 0 Å². The zero-order chi connectivity index (χ0) is 21.4. The molecule has 0 aromatic heterocycles. The molecule has 2 aliphatic carbocycles. The van der Waals surface area contributed by atoms with Crippen LogP contribution in [0.4, 0.5) is 0 Å². The van der Waals surface area contributed by atoms with Gasteiger partial charge >= 0.3 is 0 Å². The Morgan fingerprint density at radius 1 is 1.31 bits per heavy atom. The third kappa shape index (κ3) is 4.05. The molecule has 3 heteroatoms. The van der Waals surface area contributed by atoms with Crippen LogP contribution in [0, 0.1) is 17.3 Å². The summed E-state index contributed by atoms with van der Waals surface area (Å²) in [6.45, 7) is 14.1. The van der Waals surface area contributed by atoms with E-state index in [1.807, 2.05) is 0 Å². The summed E-state index contributed by atoms with van der Waals surface area (Å²) in [5, 5.41) is 10.1. The maximum atomic E-state index is 12.4. The predicted molar refractivity (Wildman–Crippen MR) is 125 cm³/mol. The van der Waals surface area contributed by atoms with E-state index in [2.05, 4.69) is 70.8 Å². The summed E-state index contributed by atoms with van der Waals surface area (Å²) in [5.41, 5.74) is 4.23. The minimum atomic E-state index is -1.57. The van der Waals surface area contributed by atoms with Crippen molar-refractivity contribution in [1.29, 1.82) is 0 Å². The van der Waals surface area contributed by atoms with Crippen molar-refractivity contribution in [3.63, 3.8) is 0 Å². The lowest BCUT2D eigenvalue weighted by atomic mass is 9.63. The maximum absolute atomic E-state index is 12.4. The van der Waals surface area contributed by atoms with Crippen LogP contribution in [0.25, 0.3) is 0 Å². The van der Waals surface area contributed by atoms with Crippen molar-refractivity contribution < 1.29 is 9.90 Å². The Hall–Kier alpha value is -1.19. The molecule has 0 heterocycles. The number of fused-ring (bicyclic) bond motifs is 1. The second-order valence-electron chi connectivity index (χ2n) is 11.1. The largest absolute Gasteiger partial charge is 0.396 e. The van der Waals surface area contributed by atoms with Gasteiger partial charge in [0, 0.05) is 17.4 Å². The highest BCUT2D eigenvalue weighted by Gasteiger charge is 2.51. The van der Waals surface area contributed by atoms with E-state index in [-0.39, 0.29) is 23.0 Å². The van der Waals surface area contributed by atoms with Crippen LogP contribution >= 0.6 is 0 Å². The quantitative estimate of drug-likeness (QED) is 0.453. The molecule has 1 aromatic rings. The first-order valence-electron chi connectivity index (χ1n) is 11.4. The van der Waals surface area contributed by atoms with Gasteiger partial charge in [0.05, 0.1) is 14.7 Å². The molecule has 0 bridgehead atoms. The molecule has 3 rings (SSSR count). The van der Waals surface area contributed by atoms with E-state index in [1.54, 1.807) is 0 Å². The number of allylic oxidation sites excluding steroid dienone is 2. The number of ketones is 1. The van der Waals surface area contributed by atoms with Crippen LogP contribution in [-0.2, 0) is 16.3 Å². The van der Waals surface area contributed by atoms with Crippen molar-refractivity contribution >= 4 is 13.9 Å². The summed E-state index contributed by atoms with van der Waals surface area (Å²) >= 11 is 0. The zero-order valence-electron chi connectivity index (χ0n) is 19.3. The molecular weight excluding hydrogens is 372 g/mol. The van der Waals surface area contributed by atoms with Crippen molar-refractivity contribution in [2.45, 2.75) is 84.0 Å². The van der Waals surface area contributed by atoms with Gasteiger partial charge in [-0.05, 0) is 61.5 Å². The van der Waals surface area contributed by atoms with Gasteiger partial charge in [-0.1, -0.05) is 69.4 Å². The van der Waals surface area contributed by atoms with Gasteiger partial charge in [0.1, 0.15) is 5.78 Å². The van der Waals surface area contributed by atoms with Gasteiger partial charge in [0.15, 0.2) is 0 Å². The molecule has 1 aromatic carbocycles. The highest BCUT2D eigenvalue weighted by Crippen LogP contribution is 2.56. The second kappa shape index (κ2) is 8.15. The summed E-state index contributed by atoms with van der Waals surface area (Å²) in [4.78, 5) is 12.4. The minimum absolute atomic E-state index is 0.129. The number of carbonyl (C=O) groups is 1. The number of hydrogen-bond acceptors (Lipinski definition) is 2. The van der Waals surface area contributed by atoms with E-state index < -0.39 is 8.07 Å². The summed E-state index contributed by atoms with van der Waals surface area (Å²) in [5.74, 6) is 1.34. The molecule has 1 N–H and O–H groups in total. The van der Waals surface area contributed by atoms with Gasteiger partial charge in [0.2, 0.25) is 0 Å². The number of aliphatic hydroxyl groups is 1. The van der Waals surface area contributed by atoms with E-state index >= 15 is 0 Å². The Bertz CT molecular complexity index is 790. The fourth-order valence-electron chi connectivity index (χ4n) is 5.90. The molecule has 29 heavy (non-hydrogen) atoms. The normalized spacial score (nSPS) is 30.2. The van der Waals surface area contributed by atoms with E-state index in [0.29, 0.717) is 11.7 Å². The molecule has 2 aliphatic rings. The van der Waals surface area contributed by atoms with Crippen LogP contribution in [0.15, 0.2) is 35.9 Å². The topological polar surface area (TPSA) is 37.3 Å². The van der Waals surface area contributed by atoms with Crippen LogP contribution in [0.3, 0.4) is 0 Å². The third-order valence-electron chi connectivity index (χ3n) is 8.61. The summed E-state index contributed by atoms with van der Waals surface area (Å²) in [7, 11) is -1.57. The average Bonchev–Trinajstić information content (AvgIpc) is 3.03. The molecule has 0 saturated heterocycles. The third-order valence-corrected chi connectivity index (χ3v) is 12.4. The monoisotopic (exact) mass is 412 g/mol. The Morgan fingerprint density at radius 2 is 2.03 bits per heavy atom. The van der Waals surface area contributed by atoms with Gasteiger partial charge in [0.25, 0.3) is 0 Å². The predicted octanol–water partition coefficient (Wildman–Crippen LogP) is 6.09. The fourth-order valence-corrected chi connectivity index (χ4v) is 7.40. The summed E-state index contributed by atoms with van der Waals surface area (Å²) in [6, 6.07) is 8.85. The number of benzene rings is 1. The maximum Gasteiger partial charge on any atom is 0.136 e. The van der Waals surface area contributed by atoms with Crippen molar-refractivity contribution in [1.82, 2.24) is 0 Å². The fraction of sp³-hybridized carbons (Fsp3) is 0.654. The van der Waals surface area contributed by atoms with Gasteiger partial charge in [-0.25, -0.2) is 0 Å². The SMILES string of the molecule is CC(=CCc1cccc(C(C)(CO)[Si](C)(C)C)c1)[C@H]1CC[C@H]2C(=O)CCC[C@]12C. The lowest BCUT2D eigenvalue weighted by molar-refractivity contribution is -0.129. The Labute approximate surface area is 178 Å². The van der Waals surface area contributed by atoms with Crippen molar-refractivity contribution in [2.24, 2.45) is 17.3 Å². The van der Waals surface area contributed by atoms with E-state index in [4.69, 9.17) is 0 Å². The van der Waals surface area contributed by atoms with E-state index in [1.165, 1.54) is 23.1 Å². The number of aliphatic hydroxyl groups excluding tert-OH is 1. The van der Waals surface area contributed by atoms with Crippen molar-refractivity contribution in [3.05, 3.63) is 47.0 Å². The number of Topliss-reactive ketones (excluding diaryl/α,β-unsaturated/α-hetero) is 1. The van der Waals surface area contributed by atoms with E-state index in [0.717, 1.165) is 32.1 Å². The summed E-state index contributed by atoms with van der Waals surface area (Å²) < 4.78 is 0. The highest BCUT2D eigenvalue weighted by molar-refractivity contribution is 6.79. The average molecular weight is 413 g/mol. The zero-order valence-corrected chi connectivity index (χ0v) is 20.3. The highest BCUT2D eigenvalue weighted by atomic mass is 28.3. The van der Waals surface area contributed by atoms with E-state index in [9.17, 15) is 9.90 Å². The molecule has 2 fully saturated rings. The first kappa shape index (κ1) is 22.5. The van der Waals surface area contributed by atoms with Crippen LogP contribution in [0.2, 0.25) is 19.6 Å². The van der Waals surface area contributed by atoms with Crippen LogP contribution in [0.1, 0.15) is 64.0 Å². The van der Waals surface area contributed by atoms with Gasteiger partial charge in [-0.3, -0.25) is 4.79 Å². The second-order valence-corrected chi connectivity index (χ2v) is 16.7. The summed E-state index contributed by atoms with van der Waals surface area (Å²) in [6.07, 6.45) is 8.62. The lowest BCUT2D eigenvalue weighted by Gasteiger charge is -2.40. The molecule has 160 valence electrons. The van der Waals surface area contributed by atoms with Crippen LogP contribution in [0.5, 0.6) is 0 Å². The van der Waals surface area contributed by atoms with Crippen molar-refractivity contribution in [3.8, 4) is 0 Å². The smallest absolute Gasteiger partial charge is 0.136 e. The molecule has 2 nitrogen and oxygen atoms in total. The molecule has 0 spiro atoms. The molecule has 2 saturated carbocycles. The Morgan fingerprint density at radius 3 is 2.69 bits per heavy atom.